The summed E-state index contributed by atoms with van der Waals surface area (Å²) in [6.07, 6.45) is 2.99. The first-order valence-electron chi connectivity index (χ1n) is 5.79. The van der Waals surface area contributed by atoms with Gasteiger partial charge < -0.3 is 11.1 Å². The maximum atomic E-state index is 12.0. The third kappa shape index (κ3) is 2.09. The Balaban J connectivity index is 1.89. The minimum atomic E-state index is -0.269. The van der Waals surface area contributed by atoms with Gasteiger partial charge in [0.25, 0.3) is 0 Å². The lowest BCUT2D eigenvalue weighted by Gasteiger charge is -2.39. The van der Waals surface area contributed by atoms with Gasteiger partial charge in [0.15, 0.2) is 0 Å². The Kier molecular flexibility index (Phi) is 3.25. The maximum absolute atomic E-state index is 12.0. The first kappa shape index (κ1) is 11.1. The standard InChI is InChI=1S/C13H18N2O/c14-10-13(7-4-8-13)12(16)15-9-11-5-2-1-3-6-11/h1-3,5-6H,4,7-10,14H2,(H,15,16). The van der Waals surface area contributed by atoms with Crippen LogP contribution in [0.1, 0.15) is 24.8 Å². The lowest BCUT2D eigenvalue weighted by molar-refractivity contribution is -0.135. The summed E-state index contributed by atoms with van der Waals surface area (Å²) in [5.41, 5.74) is 6.54. The van der Waals surface area contributed by atoms with Gasteiger partial charge in [-0.05, 0) is 18.4 Å². The van der Waals surface area contributed by atoms with Gasteiger partial charge in [-0.15, -0.1) is 0 Å². The van der Waals surface area contributed by atoms with E-state index in [1.165, 1.54) is 0 Å². The Morgan fingerprint density at radius 3 is 2.50 bits per heavy atom. The molecule has 0 heterocycles. The van der Waals surface area contributed by atoms with Gasteiger partial charge >= 0.3 is 0 Å². The van der Waals surface area contributed by atoms with Crippen LogP contribution in [0, 0.1) is 5.41 Å². The minimum Gasteiger partial charge on any atom is -0.352 e. The molecule has 0 radical (unpaired) electrons. The normalized spacial score (nSPS) is 17.6. The minimum absolute atomic E-state index is 0.116. The van der Waals surface area contributed by atoms with E-state index in [9.17, 15) is 4.79 Å². The average molecular weight is 218 g/mol. The zero-order valence-corrected chi connectivity index (χ0v) is 9.41. The fourth-order valence-corrected chi connectivity index (χ4v) is 2.09. The monoisotopic (exact) mass is 218 g/mol. The molecule has 2 rings (SSSR count). The molecule has 3 N–H and O–H groups in total. The lowest BCUT2D eigenvalue weighted by Crippen LogP contribution is -2.50. The summed E-state index contributed by atoms with van der Waals surface area (Å²) in [5.74, 6) is 0.116. The molecule has 3 heteroatoms. The molecule has 0 saturated heterocycles. The fourth-order valence-electron chi connectivity index (χ4n) is 2.09. The van der Waals surface area contributed by atoms with Crippen LogP contribution in [0.15, 0.2) is 30.3 Å². The first-order valence-corrected chi connectivity index (χ1v) is 5.79. The van der Waals surface area contributed by atoms with Crippen molar-refractivity contribution in [2.24, 2.45) is 11.1 Å². The topological polar surface area (TPSA) is 55.1 Å². The molecule has 1 saturated carbocycles. The number of hydrogen-bond acceptors (Lipinski definition) is 2. The summed E-state index contributed by atoms with van der Waals surface area (Å²) in [4.78, 5) is 12.0. The van der Waals surface area contributed by atoms with Crippen molar-refractivity contribution in [1.29, 1.82) is 0 Å². The number of rotatable bonds is 4. The number of benzene rings is 1. The Morgan fingerprint density at radius 2 is 2.00 bits per heavy atom. The van der Waals surface area contributed by atoms with E-state index in [1.807, 2.05) is 30.3 Å². The Labute approximate surface area is 96.0 Å². The molecule has 16 heavy (non-hydrogen) atoms. The van der Waals surface area contributed by atoms with Crippen LogP contribution in [0.3, 0.4) is 0 Å². The van der Waals surface area contributed by atoms with Crippen LogP contribution in [-0.2, 0) is 11.3 Å². The average Bonchev–Trinajstić information content (AvgIpc) is 2.27. The molecular formula is C13H18N2O. The zero-order valence-electron chi connectivity index (χ0n) is 9.41. The molecule has 3 nitrogen and oxygen atoms in total. The Morgan fingerprint density at radius 1 is 1.31 bits per heavy atom. The van der Waals surface area contributed by atoms with Crippen LogP contribution in [0.25, 0.3) is 0 Å². The molecule has 0 spiro atoms. The predicted molar refractivity (Wildman–Crippen MR) is 63.6 cm³/mol. The summed E-state index contributed by atoms with van der Waals surface area (Å²) in [7, 11) is 0. The van der Waals surface area contributed by atoms with E-state index >= 15 is 0 Å². The van der Waals surface area contributed by atoms with Gasteiger partial charge in [0.2, 0.25) is 5.91 Å². The summed E-state index contributed by atoms with van der Waals surface area (Å²) >= 11 is 0. The molecule has 1 fully saturated rings. The first-order chi connectivity index (χ1) is 7.77. The van der Waals surface area contributed by atoms with E-state index in [4.69, 9.17) is 5.73 Å². The maximum Gasteiger partial charge on any atom is 0.227 e. The second-order valence-electron chi connectivity index (χ2n) is 4.51. The molecule has 1 aromatic rings. The molecule has 0 atom stereocenters. The number of nitrogens with two attached hydrogens (primary N) is 1. The van der Waals surface area contributed by atoms with E-state index in [-0.39, 0.29) is 11.3 Å². The third-order valence-electron chi connectivity index (χ3n) is 3.48. The van der Waals surface area contributed by atoms with Crippen LogP contribution >= 0.6 is 0 Å². The van der Waals surface area contributed by atoms with Crippen molar-refractivity contribution in [3.63, 3.8) is 0 Å². The number of carbonyl (C=O) groups excluding carboxylic acids is 1. The number of amides is 1. The number of carbonyl (C=O) groups is 1. The highest BCUT2D eigenvalue weighted by molar-refractivity contribution is 5.83. The van der Waals surface area contributed by atoms with Crippen molar-refractivity contribution in [1.82, 2.24) is 5.32 Å². The summed E-state index contributed by atoms with van der Waals surface area (Å²) < 4.78 is 0. The van der Waals surface area contributed by atoms with Crippen molar-refractivity contribution in [3.05, 3.63) is 35.9 Å². The Hall–Kier alpha value is -1.35. The van der Waals surface area contributed by atoms with Crippen molar-refractivity contribution >= 4 is 5.91 Å². The molecule has 86 valence electrons. The van der Waals surface area contributed by atoms with Crippen molar-refractivity contribution in [3.8, 4) is 0 Å². The molecular weight excluding hydrogens is 200 g/mol. The SMILES string of the molecule is NCC1(C(=O)NCc2ccccc2)CCC1. The van der Waals surface area contributed by atoms with E-state index in [1.54, 1.807) is 0 Å². The van der Waals surface area contributed by atoms with Crippen molar-refractivity contribution < 1.29 is 4.79 Å². The molecule has 1 aromatic carbocycles. The largest absolute Gasteiger partial charge is 0.352 e. The third-order valence-corrected chi connectivity index (χ3v) is 3.48. The second-order valence-corrected chi connectivity index (χ2v) is 4.51. The van der Waals surface area contributed by atoms with Gasteiger partial charge in [-0.1, -0.05) is 36.8 Å². The van der Waals surface area contributed by atoms with Gasteiger partial charge in [0.05, 0.1) is 5.41 Å². The van der Waals surface area contributed by atoms with Crippen LogP contribution in [-0.4, -0.2) is 12.5 Å². The van der Waals surface area contributed by atoms with Crippen LogP contribution in [0.2, 0.25) is 0 Å². The van der Waals surface area contributed by atoms with Gasteiger partial charge in [0.1, 0.15) is 0 Å². The van der Waals surface area contributed by atoms with Gasteiger partial charge in [0, 0.05) is 13.1 Å². The molecule has 1 amide bonds. The second kappa shape index (κ2) is 4.66. The smallest absolute Gasteiger partial charge is 0.227 e. The van der Waals surface area contributed by atoms with Crippen molar-refractivity contribution in [2.45, 2.75) is 25.8 Å². The molecule has 1 aliphatic rings. The van der Waals surface area contributed by atoms with E-state index in [0.29, 0.717) is 13.1 Å². The lowest BCUT2D eigenvalue weighted by atomic mass is 9.68. The molecule has 0 aliphatic heterocycles. The predicted octanol–water partition coefficient (Wildman–Crippen LogP) is 1.43. The van der Waals surface area contributed by atoms with Crippen LogP contribution in [0.5, 0.6) is 0 Å². The number of nitrogens with one attached hydrogen (secondary N) is 1. The molecule has 0 bridgehead atoms. The van der Waals surface area contributed by atoms with Gasteiger partial charge in [-0.25, -0.2) is 0 Å². The summed E-state index contributed by atoms with van der Waals surface area (Å²) in [6, 6.07) is 9.94. The quantitative estimate of drug-likeness (QED) is 0.803. The fraction of sp³-hybridized carbons (Fsp3) is 0.462. The zero-order chi connectivity index (χ0) is 11.4. The highest BCUT2D eigenvalue weighted by Crippen LogP contribution is 2.39. The Bertz CT molecular complexity index is 352. The van der Waals surface area contributed by atoms with Crippen LogP contribution < -0.4 is 11.1 Å². The van der Waals surface area contributed by atoms with Crippen molar-refractivity contribution in [2.75, 3.05) is 6.54 Å². The van der Waals surface area contributed by atoms with E-state index in [0.717, 1.165) is 24.8 Å². The highest BCUT2D eigenvalue weighted by atomic mass is 16.2. The van der Waals surface area contributed by atoms with E-state index in [2.05, 4.69) is 5.32 Å². The number of hydrogen-bond donors (Lipinski definition) is 2. The summed E-state index contributed by atoms with van der Waals surface area (Å²) in [6.45, 7) is 1.06. The molecule has 1 aliphatic carbocycles. The molecule has 0 aromatic heterocycles. The molecule has 0 unspecified atom stereocenters. The van der Waals surface area contributed by atoms with Gasteiger partial charge in [-0.3, -0.25) is 4.79 Å². The van der Waals surface area contributed by atoms with Crippen LogP contribution in [0.4, 0.5) is 0 Å². The summed E-state index contributed by atoms with van der Waals surface area (Å²) in [5, 5.41) is 2.97. The van der Waals surface area contributed by atoms with Gasteiger partial charge in [-0.2, -0.15) is 0 Å². The van der Waals surface area contributed by atoms with E-state index < -0.39 is 0 Å². The highest BCUT2D eigenvalue weighted by Gasteiger charge is 2.42.